The number of halogens is 2. The van der Waals surface area contributed by atoms with Gasteiger partial charge in [-0.15, -0.1) is 0 Å². The lowest BCUT2D eigenvalue weighted by Crippen LogP contribution is -2.55. The molecule has 0 radical (unpaired) electrons. The fourth-order valence-corrected chi connectivity index (χ4v) is 5.18. The highest BCUT2D eigenvalue weighted by atomic mass is 79.9. The summed E-state index contributed by atoms with van der Waals surface area (Å²) in [6.45, 7) is 8.99. The van der Waals surface area contributed by atoms with Crippen molar-refractivity contribution in [2.75, 3.05) is 0 Å². The smallest absolute Gasteiger partial charge is 0.0744 e. The third-order valence-corrected chi connectivity index (χ3v) is 8.49. The number of allylic oxidation sites excluding steroid dienone is 2. The van der Waals surface area contributed by atoms with E-state index in [1.807, 2.05) is 6.92 Å². The maximum absolute atomic E-state index is 10.4. The Kier molecular flexibility index (Phi) is 3.84. The predicted octanol–water partition coefficient (Wildman–Crippen LogP) is 4.81. The molecule has 0 aromatic carbocycles. The monoisotopic (exact) mass is 378 g/mol. The fourth-order valence-electron chi connectivity index (χ4n) is 3.77. The Balaban J connectivity index is 2.41. The lowest BCUT2D eigenvalue weighted by Gasteiger charge is -2.58. The SMILES string of the molecule is CC1=CC[C@@H](Br)C(C)(C)[C@]12CC[C@](C)(O)[C@@H](Br)C2. The predicted molar refractivity (Wildman–Crippen MR) is 84.5 cm³/mol. The van der Waals surface area contributed by atoms with Crippen molar-refractivity contribution >= 4 is 31.9 Å². The molecule has 1 N–H and O–H groups in total. The van der Waals surface area contributed by atoms with E-state index < -0.39 is 5.60 Å². The quantitative estimate of drug-likeness (QED) is 0.472. The van der Waals surface area contributed by atoms with Gasteiger partial charge in [0.15, 0.2) is 0 Å². The van der Waals surface area contributed by atoms with Gasteiger partial charge < -0.3 is 5.11 Å². The second-order valence-electron chi connectivity index (χ2n) is 6.92. The van der Waals surface area contributed by atoms with E-state index in [-0.39, 0.29) is 15.7 Å². The van der Waals surface area contributed by atoms with Gasteiger partial charge in [0.05, 0.1) is 5.60 Å². The van der Waals surface area contributed by atoms with Crippen LogP contribution < -0.4 is 0 Å². The summed E-state index contributed by atoms with van der Waals surface area (Å²) in [7, 11) is 0. The molecule has 0 aliphatic heterocycles. The molecule has 0 bridgehead atoms. The minimum Gasteiger partial charge on any atom is -0.389 e. The molecule has 18 heavy (non-hydrogen) atoms. The summed E-state index contributed by atoms with van der Waals surface area (Å²) < 4.78 is 0. The van der Waals surface area contributed by atoms with E-state index >= 15 is 0 Å². The Morgan fingerprint density at radius 2 is 1.78 bits per heavy atom. The molecular weight excluding hydrogens is 356 g/mol. The lowest BCUT2D eigenvalue weighted by atomic mass is 9.50. The van der Waals surface area contributed by atoms with E-state index in [2.05, 4.69) is 58.7 Å². The first-order valence-electron chi connectivity index (χ1n) is 6.81. The summed E-state index contributed by atoms with van der Waals surface area (Å²) in [5.74, 6) is 0. The molecule has 2 aliphatic carbocycles. The van der Waals surface area contributed by atoms with Crippen LogP contribution in [0.1, 0.15) is 53.4 Å². The van der Waals surface area contributed by atoms with E-state index in [4.69, 9.17) is 0 Å². The zero-order valence-corrected chi connectivity index (χ0v) is 14.9. The fraction of sp³-hybridized carbons (Fsp3) is 0.867. The van der Waals surface area contributed by atoms with Crippen molar-refractivity contribution in [1.29, 1.82) is 0 Å². The van der Waals surface area contributed by atoms with Gasteiger partial charge in [-0.2, -0.15) is 0 Å². The standard InChI is InChI=1S/C15H24Br2O/c1-10-5-6-11(16)13(2,3)15(10)8-7-14(4,18)12(17)9-15/h5,11-12,18H,6-9H2,1-4H3/t11-,12+,14+,15+/m1/s1. The molecular formula is C15H24Br2O. The first-order valence-corrected chi connectivity index (χ1v) is 8.64. The summed E-state index contributed by atoms with van der Waals surface area (Å²) in [5.41, 5.74) is 1.40. The van der Waals surface area contributed by atoms with Gasteiger partial charge in [0.2, 0.25) is 0 Å². The summed E-state index contributed by atoms with van der Waals surface area (Å²) in [6, 6.07) is 0. The highest BCUT2D eigenvalue weighted by Crippen LogP contribution is 2.62. The van der Waals surface area contributed by atoms with Gasteiger partial charge in [-0.05, 0) is 50.4 Å². The Morgan fingerprint density at radius 3 is 2.33 bits per heavy atom. The molecule has 0 aromatic rings. The van der Waals surface area contributed by atoms with Crippen LogP contribution in [0.5, 0.6) is 0 Å². The van der Waals surface area contributed by atoms with E-state index in [0.29, 0.717) is 4.83 Å². The van der Waals surface area contributed by atoms with Crippen LogP contribution in [0.3, 0.4) is 0 Å². The van der Waals surface area contributed by atoms with E-state index in [1.54, 1.807) is 0 Å². The first-order chi connectivity index (χ1) is 8.13. The molecule has 0 saturated heterocycles. The van der Waals surface area contributed by atoms with E-state index in [9.17, 15) is 5.11 Å². The van der Waals surface area contributed by atoms with Gasteiger partial charge in [0, 0.05) is 9.65 Å². The van der Waals surface area contributed by atoms with E-state index in [1.165, 1.54) is 5.57 Å². The summed E-state index contributed by atoms with van der Waals surface area (Å²) in [5, 5.41) is 10.4. The molecule has 2 aliphatic rings. The number of alkyl halides is 2. The van der Waals surface area contributed by atoms with Crippen LogP contribution in [-0.2, 0) is 0 Å². The molecule has 3 heteroatoms. The Morgan fingerprint density at radius 1 is 1.17 bits per heavy atom. The van der Waals surface area contributed by atoms with Crippen LogP contribution >= 0.6 is 31.9 Å². The normalized spacial score (nSPS) is 48.1. The minimum atomic E-state index is -0.569. The van der Waals surface area contributed by atoms with Gasteiger partial charge in [-0.3, -0.25) is 0 Å². The zero-order valence-electron chi connectivity index (χ0n) is 11.8. The van der Waals surface area contributed by atoms with Gasteiger partial charge in [-0.1, -0.05) is 57.4 Å². The van der Waals surface area contributed by atoms with Crippen molar-refractivity contribution in [2.24, 2.45) is 10.8 Å². The number of aliphatic hydroxyl groups is 1. The van der Waals surface area contributed by atoms with Crippen LogP contribution in [0.2, 0.25) is 0 Å². The number of rotatable bonds is 0. The van der Waals surface area contributed by atoms with Crippen LogP contribution in [0.4, 0.5) is 0 Å². The molecule has 0 heterocycles. The van der Waals surface area contributed by atoms with Crippen molar-refractivity contribution in [3.63, 3.8) is 0 Å². The molecule has 1 spiro atoms. The van der Waals surface area contributed by atoms with Crippen molar-refractivity contribution < 1.29 is 5.11 Å². The van der Waals surface area contributed by atoms with Gasteiger partial charge >= 0.3 is 0 Å². The van der Waals surface area contributed by atoms with Gasteiger partial charge in [-0.25, -0.2) is 0 Å². The maximum Gasteiger partial charge on any atom is 0.0744 e. The Bertz CT molecular complexity index is 373. The third kappa shape index (κ3) is 2.05. The number of hydrogen-bond acceptors (Lipinski definition) is 1. The zero-order chi connectivity index (χ0) is 13.8. The highest BCUT2D eigenvalue weighted by molar-refractivity contribution is 9.09. The highest BCUT2D eigenvalue weighted by Gasteiger charge is 2.56. The van der Waals surface area contributed by atoms with Crippen LogP contribution in [0.25, 0.3) is 0 Å². The van der Waals surface area contributed by atoms with Crippen molar-refractivity contribution in [1.82, 2.24) is 0 Å². The van der Waals surface area contributed by atoms with E-state index in [0.717, 1.165) is 25.7 Å². The molecule has 104 valence electrons. The first kappa shape index (κ1) is 15.1. The van der Waals surface area contributed by atoms with Crippen LogP contribution in [0.15, 0.2) is 11.6 Å². The molecule has 0 amide bonds. The molecule has 2 rings (SSSR count). The maximum atomic E-state index is 10.4. The largest absolute Gasteiger partial charge is 0.389 e. The Labute approximate surface area is 128 Å². The molecule has 0 unspecified atom stereocenters. The third-order valence-electron chi connectivity index (χ3n) is 5.66. The summed E-state index contributed by atoms with van der Waals surface area (Å²) >= 11 is 7.60. The lowest BCUT2D eigenvalue weighted by molar-refractivity contribution is -0.0418. The molecule has 1 nitrogen and oxygen atoms in total. The topological polar surface area (TPSA) is 20.2 Å². The second kappa shape index (κ2) is 4.60. The van der Waals surface area contributed by atoms with Crippen LogP contribution in [-0.4, -0.2) is 20.4 Å². The van der Waals surface area contributed by atoms with Gasteiger partial charge in [0.1, 0.15) is 0 Å². The average Bonchev–Trinajstić information content (AvgIpc) is 2.27. The number of hydrogen-bond donors (Lipinski definition) is 1. The summed E-state index contributed by atoms with van der Waals surface area (Å²) in [6.07, 6.45) is 6.49. The second-order valence-corrected chi connectivity index (χ2v) is 9.13. The molecule has 0 aromatic heterocycles. The van der Waals surface area contributed by atoms with Crippen LogP contribution in [0, 0.1) is 10.8 Å². The van der Waals surface area contributed by atoms with Gasteiger partial charge in [0.25, 0.3) is 0 Å². The summed E-state index contributed by atoms with van der Waals surface area (Å²) in [4.78, 5) is 0.704. The minimum absolute atomic E-state index is 0.180. The van der Waals surface area contributed by atoms with Crippen molar-refractivity contribution in [3.05, 3.63) is 11.6 Å². The molecule has 4 atom stereocenters. The van der Waals surface area contributed by atoms with Crippen molar-refractivity contribution in [3.8, 4) is 0 Å². The van der Waals surface area contributed by atoms with Crippen molar-refractivity contribution in [2.45, 2.75) is 68.6 Å². The molecule has 1 fully saturated rings. The Hall–Kier alpha value is 0.660. The molecule has 1 saturated carbocycles. The average molecular weight is 380 g/mol.